The van der Waals surface area contributed by atoms with Gasteiger partial charge in [0, 0.05) is 11.3 Å². The first kappa shape index (κ1) is 13.9. The molecule has 3 nitrogen and oxygen atoms in total. The maximum absolute atomic E-state index is 12.0. The number of carbonyl (C=O) groups is 1. The lowest BCUT2D eigenvalue weighted by Gasteiger charge is -2.05. The van der Waals surface area contributed by atoms with E-state index in [0.717, 1.165) is 5.75 Å². The van der Waals surface area contributed by atoms with Crippen molar-refractivity contribution in [1.82, 2.24) is 4.98 Å². The summed E-state index contributed by atoms with van der Waals surface area (Å²) >= 11 is 7.51. The Morgan fingerprint density at radius 1 is 1.26 bits per heavy atom. The van der Waals surface area contributed by atoms with Crippen LogP contribution in [0, 0.1) is 0 Å². The summed E-state index contributed by atoms with van der Waals surface area (Å²) in [4.78, 5) is 16.0. The standard InChI is InChI=1S/C14H13ClN2OS/c1-19-9-10-5-7-11(8-6-10)14(18)17-13-4-2-3-12(15)16-13/h2-8H,9H2,1H3,(H,16,17,18). The molecule has 1 aromatic carbocycles. The lowest BCUT2D eigenvalue weighted by atomic mass is 10.1. The van der Waals surface area contributed by atoms with E-state index in [2.05, 4.69) is 10.3 Å². The first-order chi connectivity index (χ1) is 9.19. The molecule has 0 unspecified atom stereocenters. The van der Waals surface area contributed by atoms with Gasteiger partial charge < -0.3 is 5.32 Å². The molecule has 0 saturated heterocycles. The molecule has 2 rings (SSSR count). The molecule has 98 valence electrons. The summed E-state index contributed by atoms with van der Waals surface area (Å²) in [6.45, 7) is 0. The average Bonchev–Trinajstić information content (AvgIpc) is 2.40. The number of hydrogen-bond donors (Lipinski definition) is 1. The zero-order chi connectivity index (χ0) is 13.7. The van der Waals surface area contributed by atoms with Gasteiger partial charge in [0.1, 0.15) is 11.0 Å². The van der Waals surface area contributed by atoms with Crippen LogP contribution in [0.2, 0.25) is 5.15 Å². The molecule has 0 bridgehead atoms. The smallest absolute Gasteiger partial charge is 0.256 e. The molecule has 5 heteroatoms. The number of thioether (sulfide) groups is 1. The number of nitrogens with zero attached hydrogens (tertiary/aromatic N) is 1. The van der Waals surface area contributed by atoms with Crippen molar-refractivity contribution in [2.75, 3.05) is 11.6 Å². The third kappa shape index (κ3) is 3.98. The van der Waals surface area contributed by atoms with E-state index in [1.54, 1.807) is 30.0 Å². The number of anilines is 1. The lowest BCUT2D eigenvalue weighted by Crippen LogP contribution is -2.12. The van der Waals surface area contributed by atoms with Gasteiger partial charge >= 0.3 is 0 Å². The molecule has 2 aromatic rings. The van der Waals surface area contributed by atoms with Crippen LogP contribution in [0.25, 0.3) is 0 Å². The zero-order valence-corrected chi connectivity index (χ0v) is 12.0. The van der Waals surface area contributed by atoms with Crippen LogP contribution in [-0.4, -0.2) is 17.1 Å². The third-order valence-corrected chi connectivity index (χ3v) is 3.32. The van der Waals surface area contributed by atoms with Crippen LogP contribution in [0.3, 0.4) is 0 Å². The SMILES string of the molecule is CSCc1ccc(C(=O)Nc2cccc(Cl)n2)cc1. The summed E-state index contributed by atoms with van der Waals surface area (Å²) in [6.07, 6.45) is 2.05. The van der Waals surface area contributed by atoms with Gasteiger partial charge in [0.05, 0.1) is 0 Å². The molecule has 0 atom stereocenters. The maximum Gasteiger partial charge on any atom is 0.256 e. The molecule has 1 N–H and O–H groups in total. The van der Waals surface area contributed by atoms with E-state index in [9.17, 15) is 4.79 Å². The first-order valence-corrected chi connectivity index (χ1v) is 7.48. The van der Waals surface area contributed by atoms with Crippen LogP contribution < -0.4 is 5.32 Å². The van der Waals surface area contributed by atoms with Crippen molar-refractivity contribution in [3.05, 3.63) is 58.7 Å². The Morgan fingerprint density at radius 2 is 2.00 bits per heavy atom. The van der Waals surface area contributed by atoms with E-state index in [-0.39, 0.29) is 5.91 Å². The predicted molar refractivity (Wildman–Crippen MR) is 80.9 cm³/mol. The van der Waals surface area contributed by atoms with E-state index in [4.69, 9.17) is 11.6 Å². The van der Waals surface area contributed by atoms with E-state index in [1.807, 2.05) is 30.5 Å². The summed E-state index contributed by atoms with van der Waals surface area (Å²) in [5, 5.41) is 3.07. The van der Waals surface area contributed by atoms with Crippen LogP contribution in [-0.2, 0) is 5.75 Å². The maximum atomic E-state index is 12.0. The topological polar surface area (TPSA) is 42.0 Å². The molecular weight excluding hydrogens is 280 g/mol. The highest BCUT2D eigenvalue weighted by Crippen LogP contribution is 2.13. The number of hydrogen-bond acceptors (Lipinski definition) is 3. The Balaban J connectivity index is 2.07. The van der Waals surface area contributed by atoms with E-state index in [1.165, 1.54) is 5.56 Å². The highest BCUT2D eigenvalue weighted by Gasteiger charge is 2.06. The Morgan fingerprint density at radius 3 is 2.63 bits per heavy atom. The summed E-state index contributed by atoms with van der Waals surface area (Å²) in [7, 11) is 0. The van der Waals surface area contributed by atoms with Gasteiger partial charge in [0.15, 0.2) is 0 Å². The fourth-order valence-electron chi connectivity index (χ4n) is 1.59. The number of halogens is 1. The van der Waals surface area contributed by atoms with Crippen molar-refractivity contribution < 1.29 is 4.79 Å². The van der Waals surface area contributed by atoms with Crippen molar-refractivity contribution >= 4 is 35.1 Å². The number of benzene rings is 1. The summed E-state index contributed by atoms with van der Waals surface area (Å²) in [6, 6.07) is 12.6. The molecule has 1 heterocycles. The molecule has 0 aliphatic carbocycles. The van der Waals surface area contributed by atoms with Crippen molar-refractivity contribution in [3.8, 4) is 0 Å². The number of amides is 1. The van der Waals surface area contributed by atoms with E-state index >= 15 is 0 Å². The second-order valence-electron chi connectivity index (χ2n) is 3.93. The predicted octanol–water partition coefficient (Wildman–Crippen LogP) is 3.85. The van der Waals surface area contributed by atoms with Crippen molar-refractivity contribution in [1.29, 1.82) is 0 Å². The minimum absolute atomic E-state index is 0.189. The largest absolute Gasteiger partial charge is 0.307 e. The van der Waals surface area contributed by atoms with Gasteiger partial charge in [-0.2, -0.15) is 11.8 Å². The number of pyridine rings is 1. The van der Waals surface area contributed by atoms with Gasteiger partial charge in [-0.15, -0.1) is 0 Å². The third-order valence-electron chi connectivity index (χ3n) is 2.48. The molecule has 1 aromatic heterocycles. The molecular formula is C14H13ClN2OS. The Kier molecular flexibility index (Phi) is 4.82. The molecule has 0 aliphatic rings. The van der Waals surface area contributed by atoms with E-state index in [0.29, 0.717) is 16.5 Å². The minimum Gasteiger partial charge on any atom is -0.307 e. The highest BCUT2D eigenvalue weighted by molar-refractivity contribution is 7.97. The molecule has 19 heavy (non-hydrogen) atoms. The van der Waals surface area contributed by atoms with Gasteiger partial charge in [-0.1, -0.05) is 29.8 Å². The van der Waals surface area contributed by atoms with Crippen molar-refractivity contribution in [2.45, 2.75) is 5.75 Å². The molecule has 0 saturated carbocycles. The van der Waals surface area contributed by atoms with Gasteiger partial charge in [-0.3, -0.25) is 4.79 Å². The van der Waals surface area contributed by atoms with Crippen LogP contribution >= 0.6 is 23.4 Å². The van der Waals surface area contributed by atoms with Gasteiger partial charge in [-0.25, -0.2) is 4.98 Å². The monoisotopic (exact) mass is 292 g/mol. The van der Waals surface area contributed by atoms with E-state index < -0.39 is 0 Å². The number of nitrogens with one attached hydrogen (secondary N) is 1. The summed E-state index contributed by atoms with van der Waals surface area (Å²) in [5.74, 6) is 1.20. The highest BCUT2D eigenvalue weighted by atomic mass is 35.5. The average molecular weight is 293 g/mol. The molecule has 0 radical (unpaired) electrons. The number of rotatable bonds is 4. The van der Waals surface area contributed by atoms with Crippen LogP contribution in [0.1, 0.15) is 15.9 Å². The van der Waals surface area contributed by atoms with Crippen molar-refractivity contribution in [3.63, 3.8) is 0 Å². The zero-order valence-electron chi connectivity index (χ0n) is 10.4. The molecule has 1 amide bonds. The Bertz CT molecular complexity index is 572. The second-order valence-corrected chi connectivity index (χ2v) is 5.18. The van der Waals surface area contributed by atoms with Crippen LogP contribution in [0.15, 0.2) is 42.5 Å². The van der Waals surface area contributed by atoms with Gasteiger partial charge in [0.2, 0.25) is 0 Å². The molecule has 0 spiro atoms. The Labute approximate surface area is 121 Å². The van der Waals surface area contributed by atoms with Crippen LogP contribution in [0.4, 0.5) is 5.82 Å². The Hall–Kier alpha value is -1.52. The normalized spacial score (nSPS) is 10.2. The van der Waals surface area contributed by atoms with Gasteiger partial charge in [0.25, 0.3) is 5.91 Å². The number of carbonyl (C=O) groups excluding carboxylic acids is 1. The molecule has 0 aliphatic heterocycles. The fraction of sp³-hybridized carbons (Fsp3) is 0.143. The summed E-state index contributed by atoms with van der Waals surface area (Å²) in [5.41, 5.74) is 1.80. The molecule has 0 fully saturated rings. The van der Waals surface area contributed by atoms with Crippen LogP contribution in [0.5, 0.6) is 0 Å². The van der Waals surface area contributed by atoms with Crippen molar-refractivity contribution in [2.24, 2.45) is 0 Å². The number of aromatic nitrogens is 1. The fourth-order valence-corrected chi connectivity index (χ4v) is 2.27. The lowest BCUT2D eigenvalue weighted by molar-refractivity contribution is 0.102. The quantitative estimate of drug-likeness (QED) is 0.870. The first-order valence-electron chi connectivity index (χ1n) is 5.71. The van der Waals surface area contributed by atoms with Gasteiger partial charge in [-0.05, 0) is 36.1 Å². The minimum atomic E-state index is -0.189. The summed E-state index contributed by atoms with van der Waals surface area (Å²) < 4.78 is 0. The second kappa shape index (κ2) is 6.59.